The van der Waals surface area contributed by atoms with Crippen molar-refractivity contribution >= 4 is 23.2 Å². The predicted molar refractivity (Wildman–Crippen MR) is 90.9 cm³/mol. The Kier molecular flexibility index (Phi) is 6.31. The number of ether oxygens (including phenoxy) is 2. The molecule has 1 aromatic heterocycles. The van der Waals surface area contributed by atoms with Crippen LogP contribution in [-0.2, 0) is 14.3 Å². The molecule has 1 saturated heterocycles. The zero-order valence-corrected chi connectivity index (χ0v) is 15.2. The molecule has 1 fully saturated rings. The van der Waals surface area contributed by atoms with Crippen LogP contribution in [0.15, 0.2) is 0 Å². The van der Waals surface area contributed by atoms with Crippen molar-refractivity contribution in [3.63, 3.8) is 0 Å². The van der Waals surface area contributed by atoms with E-state index in [4.69, 9.17) is 15.2 Å². The van der Waals surface area contributed by atoms with E-state index < -0.39 is 5.41 Å². The van der Waals surface area contributed by atoms with E-state index in [0.717, 1.165) is 0 Å². The number of esters is 1. The Morgan fingerprint density at radius 3 is 2.71 bits per heavy atom. The van der Waals surface area contributed by atoms with Gasteiger partial charge in [-0.05, 0) is 33.6 Å². The number of hydrogen-bond acceptors (Lipinski definition) is 7. The zero-order valence-electron chi connectivity index (χ0n) is 14.4. The number of amides is 1. The lowest BCUT2D eigenvalue weighted by Gasteiger charge is -2.35. The van der Waals surface area contributed by atoms with Gasteiger partial charge in [-0.3, -0.25) is 4.79 Å². The molecule has 1 unspecified atom stereocenters. The summed E-state index contributed by atoms with van der Waals surface area (Å²) in [5, 5.41) is 3.67. The highest BCUT2D eigenvalue weighted by molar-refractivity contribution is 7.13. The van der Waals surface area contributed by atoms with Crippen LogP contribution in [0.1, 0.15) is 53.1 Å². The van der Waals surface area contributed by atoms with Crippen molar-refractivity contribution in [2.75, 3.05) is 26.4 Å². The number of aryl methyl sites for hydroxylation is 1. The topological polar surface area (TPSA) is 104 Å². The average molecular weight is 355 g/mol. The van der Waals surface area contributed by atoms with Crippen LogP contribution >= 0.6 is 11.3 Å². The van der Waals surface area contributed by atoms with Crippen molar-refractivity contribution in [2.24, 2.45) is 11.1 Å². The Hall–Kier alpha value is -1.51. The van der Waals surface area contributed by atoms with Gasteiger partial charge in [0.15, 0.2) is 0 Å². The fourth-order valence-electron chi connectivity index (χ4n) is 2.69. The first-order chi connectivity index (χ1) is 11.4. The van der Waals surface area contributed by atoms with Crippen molar-refractivity contribution in [3.8, 4) is 0 Å². The number of nitrogens with one attached hydrogen (secondary N) is 1. The number of hydrogen-bond donors (Lipinski definition) is 2. The molecule has 7 nitrogen and oxygen atoms in total. The maximum atomic E-state index is 12.7. The third-order valence-electron chi connectivity index (χ3n) is 4.31. The van der Waals surface area contributed by atoms with Crippen LogP contribution in [0.3, 0.4) is 0 Å². The molecule has 1 aliphatic rings. The molecule has 1 aliphatic heterocycles. The maximum Gasteiger partial charge on any atom is 0.350 e. The minimum Gasteiger partial charge on any atom is -0.462 e. The van der Waals surface area contributed by atoms with Gasteiger partial charge in [0.2, 0.25) is 5.91 Å². The SMILES string of the molecule is CCOC(=O)c1sc(C(C)NC(=O)C2(CN)CCOCC2)nc1C. The van der Waals surface area contributed by atoms with Crippen molar-refractivity contribution in [1.29, 1.82) is 0 Å². The summed E-state index contributed by atoms with van der Waals surface area (Å²) in [5.41, 5.74) is 5.90. The lowest BCUT2D eigenvalue weighted by molar-refractivity contribution is -0.136. The van der Waals surface area contributed by atoms with E-state index in [1.54, 1.807) is 13.8 Å². The Labute approximate surface area is 145 Å². The average Bonchev–Trinajstić information content (AvgIpc) is 2.97. The molecule has 0 aliphatic carbocycles. The number of thiazole rings is 1. The van der Waals surface area contributed by atoms with Crippen molar-refractivity contribution in [1.82, 2.24) is 10.3 Å². The van der Waals surface area contributed by atoms with E-state index in [0.29, 0.717) is 54.8 Å². The quantitative estimate of drug-likeness (QED) is 0.751. The minimum absolute atomic E-state index is 0.0775. The molecule has 1 amide bonds. The minimum atomic E-state index is -0.581. The highest BCUT2D eigenvalue weighted by Gasteiger charge is 2.39. The molecule has 8 heteroatoms. The molecule has 134 valence electrons. The normalized spacial score (nSPS) is 18.0. The molecular weight excluding hydrogens is 330 g/mol. The summed E-state index contributed by atoms with van der Waals surface area (Å²) in [6.45, 7) is 7.08. The molecule has 0 radical (unpaired) electrons. The summed E-state index contributed by atoms with van der Waals surface area (Å²) in [5.74, 6) is -0.452. The Bertz CT molecular complexity index is 596. The number of nitrogens with zero attached hydrogens (tertiary/aromatic N) is 1. The highest BCUT2D eigenvalue weighted by atomic mass is 32.1. The molecule has 0 bridgehead atoms. The second-order valence-electron chi connectivity index (χ2n) is 5.98. The smallest absolute Gasteiger partial charge is 0.350 e. The standard InChI is InChI=1S/C16H25N3O4S/c1-4-23-14(20)12-10(2)18-13(24-12)11(3)19-15(21)16(9-17)5-7-22-8-6-16/h11H,4-9,17H2,1-3H3,(H,19,21). The van der Waals surface area contributed by atoms with E-state index in [1.165, 1.54) is 11.3 Å². The number of carbonyl (C=O) groups is 2. The van der Waals surface area contributed by atoms with Gasteiger partial charge in [-0.15, -0.1) is 11.3 Å². The van der Waals surface area contributed by atoms with Crippen LogP contribution in [0, 0.1) is 12.3 Å². The molecule has 2 heterocycles. The van der Waals surface area contributed by atoms with Gasteiger partial charge in [0.05, 0.1) is 23.8 Å². The molecule has 0 aromatic carbocycles. The monoisotopic (exact) mass is 355 g/mol. The zero-order chi connectivity index (χ0) is 17.7. The molecule has 3 N–H and O–H groups in total. The van der Waals surface area contributed by atoms with E-state index in [2.05, 4.69) is 10.3 Å². The molecular formula is C16H25N3O4S. The first-order valence-electron chi connectivity index (χ1n) is 8.16. The molecule has 24 heavy (non-hydrogen) atoms. The van der Waals surface area contributed by atoms with Crippen LogP contribution in [0.5, 0.6) is 0 Å². The summed E-state index contributed by atoms with van der Waals surface area (Å²) >= 11 is 1.25. The van der Waals surface area contributed by atoms with Gasteiger partial charge in [-0.1, -0.05) is 0 Å². The molecule has 0 spiro atoms. The highest BCUT2D eigenvalue weighted by Crippen LogP contribution is 2.31. The van der Waals surface area contributed by atoms with Gasteiger partial charge in [0, 0.05) is 19.8 Å². The first kappa shape index (κ1) is 18.8. The van der Waals surface area contributed by atoms with Crippen LogP contribution in [0.2, 0.25) is 0 Å². The molecule has 1 atom stereocenters. The van der Waals surface area contributed by atoms with Crippen molar-refractivity contribution < 1.29 is 19.1 Å². The van der Waals surface area contributed by atoms with E-state index >= 15 is 0 Å². The third-order valence-corrected chi connectivity index (χ3v) is 5.63. The van der Waals surface area contributed by atoms with Gasteiger partial charge in [-0.2, -0.15) is 0 Å². The molecule has 0 saturated carbocycles. The van der Waals surface area contributed by atoms with Gasteiger partial charge in [0.25, 0.3) is 0 Å². The molecule has 1 aromatic rings. The summed E-state index contributed by atoms with van der Waals surface area (Å²) in [7, 11) is 0. The number of rotatable bonds is 6. The van der Waals surface area contributed by atoms with Crippen molar-refractivity contribution in [2.45, 2.75) is 39.7 Å². The van der Waals surface area contributed by atoms with Crippen LogP contribution in [-0.4, -0.2) is 43.2 Å². The lowest BCUT2D eigenvalue weighted by atomic mass is 9.79. The summed E-state index contributed by atoms with van der Waals surface area (Å²) in [6.07, 6.45) is 1.24. The fraction of sp³-hybridized carbons (Fsp3) is 0.688. The Balaban J connectivity index is 2.09. The predicted octanol–water partition coefficient (Wildman–Crippen LogP) is 1.56. The lowest BCUT2D eigenvalue weighted by Crippen LogP contribution is -2.49. The second-order valence-corrected chi connectivity index (χ2v) is 7.01. The first-order valence-corrected chi connectivity index (χ1v) is 8.98. The van der Waals surface area contributed by atoms with Gasteiger partial charge in [-0.25, -0.2) is 9.78 Å². The Morgan fingerprint density at radius 2 is 2.12 bits per heavy atom. The largest absolute Gasteiger partial charge is 0.462 e. The summed E-state index contributed by atoms with van der Waals surface area (Å²) in [6, 6.07) is -0.296. The number of nitrogens with two attached hydrogens (primary N) is 1. The Morgan fingerprint density at radius 1 is 1.46 bits per heavy atom. The van der Waals surface area contributed by atoms with Gasteiger partial charge < -0.3 is 20.5 Å². The molecule has 2 rings (SSSR count). The van der Waals surface area contributed by atoms with E-state index in [-0.39, 0.29) is 17.9 Å². The van der Waals surface area contributed by atoms with Crippen LogP contribution in [0.4, 0.5) is 0 Å². The van der Waals surface area contributed by atoms with E-state index in [9.17, 15) is 9.59 Å². The van der Waals surface area contributed by atoms with Gasteiger partial charge in [0.1, 0.15) is 9.88 Å². The maximum absolute atomic E-state index is 12.7. The van der Waals surface area contributed by atoms with Gasteiger partial charge >= 0.3 is 5.97 Å². The summed E-state index contributed by atoms with van der Waals surface area (Å²) in [4.78, 5) is 29.5. The summed E-state index contributed by atoms with van der Waals surface area (Å²) < 4.78 is 10.4. The van der Waals surface area contributed by atoms with Crippen LogP contribution < -0.4 is 11.1 Å². The third kappa shape index (κ3) is 3.93. The van der Waals surface area contributed by atoms with Crippen molar-refractivity contribution in [3.05, 3.63) is 15.6 Å². The number of carbonyl (C=O) groups excluding carboxylic acids is 2. The van der Waals surface area contributed by atoms with Crippen LogP contribution in [0.25, 0.3) is 0 Å². The number of aromatic nitrogens is 1. The fourth-order valence-corrected chi connectivity index (χ4v) is 3.65. The second kappa shape index (κ2) is 8.04. The van der Waals surface area contributed by atoms with E-state index in [1.807, 2.05) is 6.92 Å².